The molecule has 58 valence electrons. The van der Waals surface area contributed by atoms with Crippen LogP contribution in [0, 0.1) is 10.1 Å². The second-order valence-corrected chi connectivity index (χ2v) is 2.78. The summed E-state index contributed by atoms with van der Waals surface area (Å²) in [5.74, 6) is -0.571. The number of nitro benzene ring substituents is 1. The molecule has 5 heteroatoms. The Morgan fingerprint density at radius 3 is 2.55 bits per heavy atom. The van der Waals surface area contributed by atoms with E-state index in [1.54, 1.807) is 0 Å². The molecular formula is C6H3BrNO3-. The minimum absolute atomic E-state index is 0.403. The molecule has 0 fully saturated rings. The predicted octanol–water partition coefficient (Wildman–Crippen LogP) is 1.43. The van der Waals surface area contributed by atoms with Gasteiger partial charge in [0.15, 0.2) is 0 Å². The van der Waals surface area contributed by atoms with E-state index in [0.29, 0.717) is 4.47 Å². The fourth-order valence-corrected chi connectivity index (χ4v) is 0.982. The van der Waals surface area contributed by atoms with Gasteiger partial charge >= 0.3 is 0 Å². The Hall–Kier alpha value is -1.10. The number of halogens is 1. The quantitative estimate of drug-likeness (QED) is 0.527. The van der Waals surface area contributed by atoms with Crippen molar-refractivity contribution in [2.45, 2.75) is 0 Å². The van der Waals surface area contributed by atoms with Gasteiger partial charge in [0.1, 0.15) is 0 Å². The first-order valence-corrected chi connectivity index (χ1v) is 3.51. The molecule has 0 N–H and O–H groups in total. The van der Waals surface area contributed by atoms with Crippen molar-refractivity contribution in [3.8, 4) is 5.75 Å². The highest BCUT2D eigenvalue weighted by atomic mass is 79.9. The minimum Gasteiger partial charge on any atom is -0.868 e. The summed E-state index contributed by atoms with van der Waals surface area (Å²) in [5.41, 5.74) is -0.403. The van der Waals surface area contributed by atoms with Crippen LogP contribution in [0.4, 0.5) is 5.69 Å². The van der Waals surface area contributed by atoms with Gasteiger partial charge in [0.2, 0.25) is 0 Å². The number of nitrogens with zero attached hydrogens (tertiary/aromatic N) is 1. The summed E-state index contributed by atoms with van der Waals surface area (Å²) >= 11 is 3.02. The van der Waals surface area contributed by atoms with Crippen LogP contribution in [-0.4, -0.2) is 4.92 Å². The maximum atomic E-state index is 10.8. The average molecular weight is 217 g/mol. The SMILES string of the molecule is O=[N+]([O-])c1cc(Br)ccc1[O-]. The molecule has 0 aliphatic rings. The lowest BCUT2D eigenvalue weighted by molar-refractivity contribution is -0.398. The van der Waals surface area contributed by atoms with Gasteiger partial charge in [0.05, 0.1) is 4.92 Å². The maximum Gasteiger partial charge on any atom is 0.262 e. The molecule has 0 aromatic heterocycles. The molecular weight excluding hydrogens is 214 g/mol. The zero-order valence-electron chi connectivity index (χ0n) is 5.28. The monoisotopic (exact) mass is 216 g/mol. The van der Waals surface area contributed by atoms with E-state index in [0.717, 1.165) is 6.07 Å². The molecule has 0 heterocycles. The molecule has 1 aromatic rings. The second-order valence-electron chi connectivity index (χ2n) is 1.87. The Morgan fingerprint density at radius 2 is 2.09 bits per heavy atom. The molecule has 4 nitrogen and oxygen atoms in total. The molecule has 0 bridgehead atoms. The molecule has 0 amide bonds. The summed E-state index contributed by atoms with van der Waals surface area (Å²) in [6, 6.07) is 3.81. The van der Waals surface area contributed by atoms with Gasteiger partial charge < -0.3 is 5.11 Å². The van der Waals surface area contributed by atoms with Gasteiger partial charge in [0.25, 0.3) is 5.69 Å². The molecule has 0 spiro atoms. The number of benzene rings is 1. The van der Waals surface area contributed by atoms with Crippen molar-refractivity contribution >= 4 is 21.6 Å². The van der Waals surface area contributed by atoms with Crippen molar-refractivity contribution in [1.29, 1.82) is 0 Å². The molecule has 11 heavy (non-hydrogen) atoms. The summed E-state index contributed by atoms with van der Waals surface area (Å²) in [7, 11) is 0. The summed E-state index contributed by atoms with van der Waals surface area (Å²) in [6.07, 6.45) is 0. The average Bonchev–Trinajstić information content (AvgIpc) is 1.94. The second kappa shape index (κ2) is 2.87. The van der Waals surface area contributed by atoms with Crippen LogP contribution in [0.2, 0.25) is 0 Å². The van der Waals surface area contributed by atoms with Gasteiger partial charge in [0, 0.05) is 10.5 Å². The highest BCUT2D eigenvalue weighted by Gasteiger charge is 2.05. The topological polar surface area (TPSA) is 66.2 Å². The number of hydrogen-bond donors (Lipinski definition) is 0. The van der Waals surface area contributed by atoms with Crippen molar-refractivity contribution in [1.82, 2.24) is 0 Å². The Bertz CT molecular complexity index is 300. The lowest BCUT2D eigenvalue weighted by Gasteiger charge is -2.04. The normalized spacial score (nSPS) is 9.55. The van der Waals surface area contributed by atoms with Crippen molar-refractivity contribution in [3.63, 3.8) is 0 Å². The van der Waals surface area contributed by atoms with Crippen LogP contribution in [-0.2, 0) is 0 Å². The van der Waals surface area contributed by atoms with Crippen LogP contribution in [0.15, 0.2) is 22.7 Å². The Balaban J connectivity index is 3.23. The smallest absolute Gasteiger partial charge is 0.262 e. The zero-order chi connectivity index (χ0) is 8.43. The molecule has 0 saturated heterocycles. The zero-order valence-corrected chi connectivity index (χ0v) is 6.87. The third kappa shape index (κ3) is 1.68. The van der Waals surface area contributed by atoms with Gasteiger partial charge in [-0.3, -0.25) is 10.1 Å². The molecule has 1 rings (SSSR count). The van der Waals surface area contributed by atoms with Gasteiger partial charge in [-0.2, -0.15) is 0 Å². The molecule has 0 aliphatic heterocycles. The minimum atomic E-state index is -0.701. The first-order valence-electron chi connectivity index (χ1n) is 2.72. The number of rotatable bonds is 1. The number of nitro groups is 1. The maximum absolute atomic E-state index is 10.8. The van der Waals surface area contributed by atoms with Crippen LogP contribution < -0.4 is 5.11 Å². The highest BCUT2D eigenvalue weighted by Crippen LogP contribution is 2.25. The summed E-state index contributed by atoms with van der Waals surface area (Å²) in [6.45, 7) is 0. The standard InChI is InChI=1S/C6H4BrNO3/c7-4-1-2-6(9)5(3-4)8(10)11/h1-3,9H/p-1. The third-order valence-electron chi connectivity index (χ3n) is 1.12. The van der Waals surface area contributed by atoms with Gasteiger partial charge in [-0.25, -0.2) is 0 Å². The Morgan fingerprint density at radius 1 is 1.45 bits per heavy atom. The van der Waals surface area contributed by atoms with Crippen LogP contribution in [0.3, 0.4) is 0 Å². The van der Waals surface area contributed by atoms with Crippen molar-refractivity contribution in [3.05, 3.63) is 32.8 Å². The van der Waals surface area contributed by atoms with Crippen LogP contribution in [0.1, 0.15) is 0 Å². The molecule has 0 radical (unpaired) electrons. The van der Waals surface area contributed by atoms with E-state index in [-0.39, 0.29) is 0 Å². The lowest BCUT2D eigenvalue weighted by Crippen LogP contribution is -1.96. The Labute approximate surface area is 70.7 Å². The van der Waals surface area contributed by atoms with Crippen molar-refractivity contribution in [2.75, 3.05) is 0 Å². The largest absolute Gasteiger partial charge is 0.868 e. The molecule has 1 aromatic carbocycles. The predicted molar refractivity (Wildman–Crippen MR) is 40.2 cm³/mol. The van der Waals surface area contributed by atoms with E-state index in [4.69, 9.17) is 0 Å². The van der Waals surface area contributed by atoms with E-state index >= 15 is 0 Å². The highest BCUT2D eigenvalue weighted by molar-refractivity contribution is 9.10. The molecule has 0 saturated carbocycles. The molecule has 0 aliphatic carbocycles. The summed E-state index contributed by atoms with van der Waals surface area (Å²) < 4.78 is 0.531. The fourth-order valence-electron chi connectivity index (χ4n) is 0.633. The Kier molecular flexibility index (Phi) is 2.09. The van der Waals surface area contributed by atoms with Crippen LogP contribution in [0.25, 0.3) is 0 Å². The summed E-state index contributed by atoms with van der Waals surface area (Å²) in [5, 5.41) is 20.9. The van der Waals surface area contributed by atoms with Gasteiger partial charge in [-0.1, -0.05) is 22.0 Å². The first kappa shape index (κ1) is 8.00. The van der Waals surface area contributed by atoms with Crippen molar-refractivity contribution in [2.24, 2.45) is 0 Å². The number of hydrogen-bond acceptors (Lipinski definition) is 3. The van der Waals surface area contributed by atoms with E-state index in [2.05, 4.69) is 15.9 Å². The van der Waals surface area contributed by atoms with Gasteiger partial charge in [-0.05, 0) is 11.8 Å². The van der Waals surface area contributed by atoms with E-state index in [1.165, 1.54) is 12.1 Å². The molecule has 0 atom stereocenters. The third-order valence-corrected chi connectivity index (χ3v) is 1.61. The van der Waals surface area contributed by atoms with E-state index in [9.17, 15) is 15.2 Å². The molecule has 0 unspecified atom stereocenters. The van der Waals surface area contributed by atoms with E-state index in [1.807, 2.05) is 0 Å². The van der Waals surface area contributed by atoms with Crippen LogP contribution >= 0.6 is 15.9 Å². The fraction of sp³-hybridized carbons (Fsp3) is 0. The van der Waals surface area contributed by atoms with Gasteiger partial charge in [-0.15, -0.1) is 0 Å². The van der Waals surface area contributed by atoms with Crippen LogP contribution in [0.5, 0.6) is 5.75 Å². The summed E-state index contributed by atoms with van der Waals surface area (Å²) in [4.78, 5) is 9.46. The van der Waals surface area contributed by atoms with Crippen molar-refractivity contribution < 1.29 is 10.0 Å². The first-order chi connectivity index (χ1) is 5.11. The van der Waals surface area contributed by atoms with E-state index < -0.39 is 16.4 Å². The lowest BCUT2D eigenvalue weighted by atomic mass is 10.3.